The zero-order valence-corrected chi connectivity index (χ0v) is 11.3. The lowest BCUT2D eigenvalue weighted by Crippen LogP contribution is -2.37. The van der Waals surface area contributed by atoms with Crippen molar-refractivity contribution < 1.29 is 13.3 Å². The highest BCUT2D eigenvalue weighted by Gasteiger charge is 2.21. The molecule has 0 amide bonds. The highest BCUT2D eigenvalue weighted by molar-refractivity contribution is 6.36. The van der Waals surface area contributed by atoms with Gasteiger partial charge in [0.1, 0.15) is 0 Å². The molecule has 0 bridgehead atoms. The Hall–Kier alpha value is 0.0169. The first-order valence-electron chi connectivity index (χ1n) is 5.27. The van der Waals surface area contributed by atoms with E-state index in [1.807, 2.05) is 0 Å². The molecule has 6 heteroatoms. The van der Waals surface area contributed by atoms with E-state index in [-0.39, 0.29) is 6.17 Å². The lowest BCUT2D eigenvalue weighted by atomic mass is 10.4. The van der Waals surface area contributed by atoms with Crippen LogP contribution in [0.1, 0.15) is 26.2 Å². The van der Waals surface area contributed by atoms with Gasteiger partial charge in [0.2, 0.25) is 0 Å². The van der Waals surface area contributed by atoms with Gasteiger partial charge in [-0.25, -0.2) is 0 Å². The molecular formula is C9H24N2O3Si. The molecule has 1 fully saturated rings. The first kappa shape index (κ1) is 15.0. The minimum atomic E-state index is -1.67. The van der Waals surface area contributed by atoms with Crippen molar-refractivity contribution in [1.82, 2.24) is 5.32 Å². The molecule has 1 rings (SSSR count). The smallest absolute Gasteiger partial charge is 0.379 e. The lowest BCUT2D eigenvalue weighted by molar-refractivity contribution is 0.163. The summed E-state index contributed by atoms with van der Waals surface area (Å²) in [7, 11) is 3.05. The molecule has 0 saturated heterocycles. The van der Waals surface area contributed by atoms with Crippen molar-refractivity contribution in [2.45, 2.75) is 38.4 Å². The Balaban J connectivity index is 0.000000265. The largest absolute Gasteiger partial charge is 0.483 e. The van der Waals surface area contributed by atoms with Crippen LogP contribution in [0, 0.1) is 0 Å². The Kier molecular flexibility index (Phi) is 9.27. The monoisotopic (exact) mass is 236 g/mol. The minimum absolute atomic E-state index is 0.238. The molecule has 3 N–H and O–H groups in total. The van der Waals surface area contributed by atoms with Crippen LogP contribution in [-0.2, 0) is 13.3 Å². The van der Waals surface area contributed by atoms with Crippen molar-refractivity contribution in [2.24, 2.45) is 5.73 Å². The van der Waals surface area contributed by atoms with Gasteiger partial charge in [-0.3, -0.25) is 5.32 Å². The molecular weight excluding hydrogens is 212 g/mol. The number of rotatable bonds is 6. The first-order valence-corrected chi connectivity index (χ1v) is 6.69. The van der Waals surface area contributed by atoms with Gasteiger partial charge >= 0.3 is 9.53 Å². The Labute approximate surface area is 94.2 Å². The van der Waals surface area contributed by atoms with Crippen molar-refractivity contribution in [2.75, 3.05) is 21.3 Å². The van der Waals surface area contributed by atoms with E-state index < -0.39 is 9.53 Å². The standard InChI is InChI=1S/C6H14N2.C3H10O3Si/c1-2-6(7)8-5-3-4-5;1-4-7(5-2)6-3/h5-6,8H,2-4,7H2,1H3;7H,1-3H3. The van der Waals surface area contributed by atoms with Crippen LogP contribution in [0.4, 0.5) is 0 Å². The molecule has 1 aliphatic rings. The summed E-state index contributed by atoms with van der Waals surface area (Å²) in [6.07, 6.45) is 3.93. The molecule has 92 valence electrons. The fraction of sp³-hybridized carbons (Fsp3) is 1.00. The number of nitrogens with two attached hydrogens (primary N) is 1. The van der Waals surface area contributed by atoms with E-state index >= 15 is 0 Å². The van der Waals surface area contributed by atoms with E-state index in [9.17, 15) is 0 Å². The average molecular weight is 236 g/mol. The van der Waals surface area contributed by atoms with E-state index in [4.69, 9.17) is 19.0 Å². The molecule has 5 nitrogen and oxygen atoms in total. The Bertz CT molecular complexity index is 138. The van der Waals surface area contributed by atoms with Crippen molar-refractivity contribution in [3.8, 4) is 0 Å². The maximum Gasteiger partial charge on any atom is 0.483 e. The SMILES string of the molecule is CCC(N)NC1CC1.CO[SiH](OC)OC. The van der Waals surface area contributed by atoms with E-state index in [1.165, 1.54) is 12.8 Å². The Morgan fingerprint density at radius 3 is 1.93 bits per heavy atom. The molecule has 1 saturated carbocycles. The van der Waals surface area contributed by atoms with Crippen LogP contribution in [0.15, 0.2) is 0 Å². The van der Waals surface area contributed by atoms with Crippen LogP contribution in [0.25, 0.3) is 0 Å². The zero-order chi connectivity index (χ0) is 11.7. The molecule has 1 unspecified atom stereocenters. The van der Waals surface area contributed by atoms with Gasteiger partial charge in [-0.15, -0.1) is 0 Å². The lowest BCUT2D eigenvalue weighted by Gasteiger charge is -2.08. The van der Waals surface area contributed by atoms with Gasteiger partial charge in [0, 0.05) is 27.4 Å². The summed E-state index contributed by atoms with van der Waals surface area (Å²) in [6, 6.07) is 0.755. The summed E-state index contributed by atoms with van der Waals surface area (Å²) in [5, 5.41) is 3.28. The quantitative estimate of drug-likeness (QED) is 0.505. The van der Waals surface area contributed by atoms with Crippen LogP contribution in [-0.4, -0.2) is 43.1 Å². The highest BCUT2D eigenvalue weighted by atomic mass is 28.3. The molecule has 0 aromatic carbocycles. The predicted octanol–water partition coefficient (Wildman–Crippen LogP) is 0.0760. The summed E-state index contributed by atoms with van der Waals surface area (Å²) in [5.74, 6) is 0. The number of hydrogen-bond donors (Lipinski definition) is 2. The summed E-state index contributed by atoms with van der Waals surface area (Å²) in [6.45, 7) is 2.10. The van der Waals surface area contributed by atoms with Crippen LogP contribution in [0.3, 0.4) is 0 Å². The van der Waals surface area contributed by atoms with Crippen molar-refractivity contribution in [3.05, 3.63) is 0 Å². The maximum atomic E-state index is 5.60. The topological polar surface area (TPSA) is 65.7 Å². The van der Waals surface area contributed by atoms with E-state index in [0.29, 0.717) is 0 Å². The van der Waals surface area contributed by atoms with E-state index in [0.717, 1.165) is 12.5 Å². The van der Waals surface area contributed by atoms with Crippen LogP contribution in [0.2, 0.25) is 0 Å². The van der Waals surface area contributed by atoms with Gasteiger partial charge in [-0.05, 0) is 19.3 Å². The Morgan fingerprint density at radius 1 is 1.27 bits per heavy atom. The van der Waals surface area contributed by atoms with Crippen LogP contribution >= 0.6 is 0 Å². The number of nitrogens with one attached hydrogen (secondary N) is 1. The van der Waals surface area contributed by atoms with E-state index in [2.05, 4.69) is 12.2 Å². The third-order valence-electron chi connectivity index (χ3n) is 2.04. The molecule has 15 heavy (non-hydrogen) atoms. The molecule has 1 atom stereocenters. The summed E-state index contributed by atoms with van der Waals surface area (Å²) in [5.41, 5.74) is 5.60. The molecule has 0 spiro atoms. The van der Waals surface area contributed by atoms with Crippen molar-refractivity contribution >= 4 is 9.53 Å². The Morgan fingerprint density at radius 2 is 1.73 bits per heavy atom. The second-order valence-corrected chi connectivity index (χ2v) is 5.44. The fourth-order valence-electron chi connectivity index (χ4n) is 0.959. The second kappa shape index (κ2) is 9.26. The third kappa shape index (κ3) is 8.98. The summed E-state index contributed by atoms with van der Waals surface area (Å²) >= 11 is 0. The van der Waals surface area contributed by atoms with Gasteiger partial charge in [0.05, 0.1) is 6.17 Å². The van der Waals surface area contributed by atoms with Gasteiger partial charge < -0.3 is 19.0 Å². The molecule has 1 aliphatic carbocycles. The van der Waals surface area contributed by atoms with Gasteiger partial charge in [-0.2, -0.15) is 0 Å². The summed E-state index contributed by atoms with van der Waals surface area (Å²) in [4.78, 5) is 0. The average Bonchev–Trinajstić information content (AvgIpc) is 3.05. The molecule has 0 radical (unpaired) electrons. The summed E-state index contributed by atoms with van der Waals surface area (Å²) < 4.78 is 14.2. The number of hydrogen-bond acceptors (Lipinski definition) is 5. The maximum absolute atomic E-state index is 5.60. The normalized spacial score (nSPS) is 17.2. The first-order chi connectivity index (χ1) is 7.17. The van der Waals surface area contributed by atoms with E-state index in [1.54, 1.807) is 21.3 Å². The zero-order valence-electron chi connectivity index (χ0n) is 10.2. The molecule has 0 heterocycles. The second-order valence-electron chi connectivity index (χ2n) is 3.45. The van der Waals surface area contributed by atoms with Crippen LogP contribution < -0.4 is 11.1 Å². The molecule has 0 aromatic rings. The molecule has 0 aromatic heterocycles. The highest BCUT2D eigenvalue weighted by Crippen LogP contribution is 2.18. The van der Waals surface area contributed by atoms with Gasteiger partial charge in [0.25, 0.3) is 0 Å². The fourth-order valence-corrected chi connectivity index (χ4v) is 1.54. The van der Waals surface area contributed by atoms with Crippen molar-refractivity contribution in [1.29, 1.82) is 0 Å². The van der Waals surface area contributed by atoms with Crippen molar-refractivity contribution in [3.63, 3.8) is 0 Å². The minimum Gasteiger partial charge on any atom is -0.379 e. The van der Waals surface area contributed by atoms with Crippen LogP contribution in [0.5, 0.6) is 0 Å². The third-order valence-corrected chi connectivity index (χ3v) is 3.20. The van der Waals surface area contributed by atoms with Gasteiger partial charge in [-0.1, -0.05) is 6.92 Å². The predicted molar refractivity (Wildman–Crippen MR) is 62.6 cm³/mol. The van der Waals surface area contributed by atoms with Gasteiger partial charge in [0.15, 0.2) is 0 Å². The molecule has 0 aliphatic heterocycles.